The number of hydrogen-bond donors (Lipinski definition) is 1. The molecular weight excluding hydrogens is 473 g/mol. The lowest BCUT2D eigenvalue weighted by Gasteiger charge is -2.03. The smallest absolute Gasteiger partial charge is 0.266 e. The number of thiazole rings is 1. The summed E-state index contributed by atoms with van der Waals surface area (Å²) in [5, 5.41) is 19.8. The molecule has 0 saturated carbocycles. The monoisotopic (exact) mass is 486 g/mol. The normalized spacial score (nSPS) is 11.6. The van der Waals surface area contributed by atoms with Gasteiger partial charge in [0.2, 0.25) is 5.13 Å². The van der Waals surface area contributed by atoms with E-state index in [1.165, 1.54) is 23.6 Å². The predicted octanol–water partition coefficient (Wildman–Crippen LogP) is 4.69. The lowest BCUT2D eigenvalue weighted by Crippen LogP contribution is -2.18. The van der Waals surface area contributed by atoms with Gasteiger partial charge >= 0.3 is 6.18 Å². The molecule has 0 aliphatic rings. The zero-order valence-corrected chi connectivity index (χ0v) is 17.7. The van der Waals surface area contributed by atoms with Crippen LogP contribution >= 0.6 is 11.3 Å². The Hall–Kier alpha value is -4.39. The number of amides is 1. The van der Waals surface area contributed by atoms with Crippen molar-refractivity contribution in [2.24, 2.45) is 5.10 Å². The van der Waals surface area contributed by atoms with Gasteiger partial charge < -0.3 is 0 Å². The molecule has 0 fully saturated rings. The van der Waals surface area contributed by atoms with Gasteiger partial charge in [0, 0.05) is 17.0 Å². The highest BCUT2D eigenvalue weighted by Crippen LogP contribution is 2.33. The summed E-state index contributed by atoms with van der Waals surface area (Å²) in [5.74, 6) is -0.748. The number of aromatic nitrogens is 3. The summed E-state index contributed by atoms with van der Waals surface area (Å²) in [6, 6.07) is 15.1. The Morgan fingerprint density at radius 1 is 1.15 bits per heavy atom. The van der Waals surface area contributed by atoms with Gasteiger partial charge in [-0.1, -0.05) is 42.5 Å². The van der Waals surface area contributed by atoms with Crippen LogP contribution in [0, 0.1) is 10.1 Å². The number of hydrazone groups is 1. The van der Waals surface area contributed by atoms with E-state index in [1.807, 2.05) is 0 Å². The van der Waals surface area contributed by atoms with E-state index in [1.54, 1.807) is 36.4 Å². The molecule has 2 heterocycles. The molecule has 0 aliphatic heterocycles. The van der Waals surface area contributed by atoms with E-state index in [0.29, 0.717) is 5.56 Å². The first kappa shape index (κ1) is 22.8. The van der Waals surface area contributed by atoms with Crippen LogP contribution in [0.5, 0.6) is 0 Å². The molecule has 0 radical (unpaired) electrons. The number of nitro groups is 1. The molecule has 0 bridgehead atoms. The molecule has 0 unspecified atom stereocenters. The second-order valence-corrected chi connectivity index (χ2v) is 7.56. The SMILES string of the molecule is O=C(N/N=C\c1ccccc1[N+](=O)[O-])c1csc(-n2nc(C(F)(F)F)cc2-c2ccccc2)n1. The van der Waals surface area contributed by atoms with Crippen molar-refractivity contribution in [3.8, 4) is 16.4 Å². The van der Waals surface area contributed by atoms with Gasteiger partial charge in [0.1, 0.15) is 5.69 Å². The lowest BCUT2D eigenvalue weighted by atomic mass is 10.1. The van der Waals surface area contributed by atoms with Crippen LogP contribution < -0.4 is 5.43 Å². The Kier molecular flexibility index (Phi) is 6.19. The first-order valence-corrected chi connectivity index (χ1v) is 10.4. The summed E-state index contributed by atoms with van der Waals surface area (Å²) >= 11 is 0.920. The third-order valence-electron chi connectivity index (χ3n) is 4.48. The number of nitrogens with zero attached hydrogens (tertiary/aromatic N) is 5. The maximum Gasteiger partial charge on any atom is 0.435 e. The maximum absolute atomic E-state index is 13.3. The average molecular weight is 486 g/mol. The molecule has 13 heteroatoms. The minimum atomic E-state index is -4.67. The Bertz CT molecular complexity index is 1380. The maximum atomic E-state index is 13.3. The molecule has 9 nitrogen and oxygen atoms in total. The zero-order chi connectivity index (χ0) is 24.3. The quantitative estimate of drug-likeness (QED) is 0.241. The summed E-state index contributed by atoms with van der Waals surface area (Å²) in [4.78, 5) is 26.9. The summed E-state index contributed by atoms with van der Waals surface area (Å²) in [6.07, 6.45) is -3.55. The molecule has 1 N–H and O–H groups in total. The number of nitrogens with one attached hydrogen (secondary N) is 1. The molecule has 4 rings (SSSR count). The summed E-state index contributed by atoms with van der Waals surface area (Å²) in [5.41, 5.74) is 1.62. The van der Waals surface area contributed by atoms with Gasteiger partial charge in [0.25, 0.3) is 11.6 Å². The molecule has 2 aromatic heterocycles. The van der Waals surface area contributed by atoms with Crippen LogP contribution in [-0.2, 0) is 6.18 Å². The topological polar surface area (TPSA) is 115 Å². The average Bonchev–Trinajstić information content (AvgIpc) is 3.47. The Balaban J connectivity index is 1.59. The predicted molar refractivity (Wildman–Crippen MR) is 118 cm³/mol. The highest BCUT2D eigenvalue weighted by atomic mass is 32.1. The van der Waals surface area contributed by atoms with Crippen LogP contribution in [0.2, 0.25) is 0 Å². The molecule has 1 amide bonds. The van der Waals surface area contributed by atoms with Gasteiger partial charge in [0.15, 0.2) is 5.69 Å². The van der Waals surface area contributed by atoms with E-state index in [0.717, 1.165) is 28.3 Å². The van der Waals surface area contributed by atoms with Gasteiger partial charge in [-0.25, -0.2) is 15.1 Å². The van der Waals surface area contributed by atoms with Crippen molar-refractivity contribution < 1.29 is 22.9 Å². The first-order valence-electron chi connectivity index (χ1n) is 9.49. The van der Waals surface area contributed by atoms with Gasteiger partial charge in [-0.15, -0.1) is 11.3 Å². The fourth-order valence-corrected chi connectivity index (χ4v) is 3.69. The largest absolute Gasteiger partial charge is 0.435 e. The Morgan fingerprint density at radius 2 is 1.85 bits per heavy atom. The molecule has 2 aromatic carbocycles. The highest BCUT2D eigenvalue weighted by molar-refractivity contribution is 7.12. The number of carbonyl (C=O) groups excluding carboxylic acids is 1. The van der Waals surface area contributed by atoms with Crippen molar-refractivity contribution in [3.05, 3.63) is 93.1 Å². The number of alkyl halides is 3. The fourth-order valence-electron chi connectivity index (χ4n) is 2.93. The number of rotatable bonds is 6. The second-order valence-electron chi connectivity index (χ2n) is 6.72. The minimum absolute atomic E-state index is 0.0437. The van der Waals surface area contributed by atoms with E-state index in [4.69, 9.17) is 0 Å². The van der Waals surface area contributed by atoms with Crippen LogP contribution in [0.15, 0.2) is 71.1 Å². The van der Waals surface area contributed by atoms with Crippen LogP contribution in [0.3, 0.4) is 0 Å². The molecule has 34 heavy (non-hydrogen) atoms. The van der Waals surface area contributed by atoms with E-state index >= 15 is 0 Å². The third-order valence-corrected chi connectivity index (χ3v) is 5.29. The number of para-hydroxylation sites is 1. The van der Waals surface area contributed by atoms with Crippen LogP contribution in [0.25, 0.3) is 16.4 Å². The van der Waals surface area contributed by atoms with Crippen molar-refractivity contribution in [2.75, 3.05) is 0 Å². The van der Waals surface area contributed by atoms with Crippen molar-refractivity contribution in [3.63, 3.8) is 0 Å². The van der Waals surface area contributed by atoms with E-state index in [2.05, 4.69) is 20.6 Å². The molecule has 0 atom stereocenters. The summed E-state index contributed by atoms with van der Waals surface area (Å²) in [7, 11) is 0. The first-order chi connectivity index (χ1) is 16.2. The molecule has 0 saturated heterocycles. The molecule has 172 valence electrons. The third kappa shape index (κ3) is 4.83. The van der Waals surface area contributed by atoms with Crippen LogP contribution in [-0.4, -0.2) is 31.8 Å². The fraction of sp³-hybridized carbons (Fsp3) is 0.0476. The number of carbonyl (C=O) groups is 1. The zero-order valence-electron chi connectivity index (χ0n) is 16.9. The Labute approximate surface area is 193 Å². The van der Waals surface area contributed by atoms with E-state index in [9.17, 15) is 28.1 Å². The van der Waals surface area contributed by atoms with Crippen LogP contribution in [0.4, 0.5) is 18.9 Å². The number of benzene rings is 2. The number of nitro benzene ring substituents is 1. The van der Waals surface area contributed by atoms with Crippen molar-refractivity contribution >= 4 is 29.1 Å². The lowest BCUT2D eigenvalue weighted by molar-refractivity contribution is -0.385. The van der Waals surface area contributed by atoms with E-state index < -0.39 is 22.7 Å². The summed E-state index contributed by atoms with van der Waals surface area (Å²) < 4.78 is 40.9. The number of hydrogen-bond acceptors (Lipinski definition) is 7. The van der Waals surface area contributed by atoms with Crippen molar-refractivity contribution in [2.45, 2.75) is 6.18 Å². The molecule has 0 aliphatic carbocycles. The van der Waals surface area contributed by atoms with E-state index in [-0.39, 0.29) is 27.8 Å². The van der Waals surface area contributed by atoms with Gasteiger partial charge in [0.05, 0.1) is 22.4 Å². The van der Waals surface area contributed by atoms with Crippen LogP contribution in [0.1, 0.15) is 21.7 Å². The van der Waals surface area contributed by atoms with Gasteiger partial charge in [-0.05, 0) is 12.1 Å². The van der Waals surface area contributed by atoms with Crippen molar-refractivity contribution in [1.29, 1.82) is 0 Å². The Morgan fingerprint density at radius 3 is 2.56 bits per heavy atom. The van der Waals surface area contributed by atoms with Crippen molar-refractivity contribution in [1.82, 2.24) is 20.2 Å². The van der Waals surface area contributed by atoms with Gasteiger partial charge in [-0.3, -0.25) is 14.9 Å². The minimum Gasteiger partial charge on any atom is -0.266 e. The summed E-state index contributed by atoms with van der Waals surface area (Å²) in [6.45, 7) is 0. The molecular formula is C21H13F3N6O3S. The molecule has 4 aromatic rings. The highest BCUT2D eigenvalue weighted by Gasteiger charge is 2.35. The standard InChI is InChI=1S/C21H13F3N6O3S/c22-21(23,24)18-10-17(13-6-2-1-3-7-13)29(28-18)20-26-15(12-34-20)19(31)27-25-11-14-8-4-5-9-16(14)30(32)33/h1-12H,(H,27,31)/b25-11-. The number of halogens is 3. The second kappa shape index (κ2) is 9.23. The molecule has 0 spiro atoms. The van der Waals surface area contributed by atoms with Gasteiger partial charge in [-0.2, -0.15) is 23.4 Å².